The van der Waals surface area contributed by atoms with Gasteiger partial charge in [0.2, 0.25) is 0 Å². The van der Waals surface area contributed by atoms with Gasteiger partial charge in [0.1, 0.15) is 11.8 Å². The Hall–Kier alpha value is -2.00. The Morgan fingerprint density at radius 2 is 2.18 bits per heavy atom. The molecule has 6 heteroatoms. The van der Waals surface area contributed by atoms with Crippen molar-refractivity contribution < 1.29 is 9.25 Å². The predicted molar refractivity (Wildman–Crippen MR) is 64.7 cm³/mol. The Balaban J connectivity index is 2.30. The van der Waals surface area contributed by atoms with Crippen molar-refractivity contribution in [3.63, 3.8) is 0 Å². The largest absolute Gasteiger partial charge is 0.464 e. The summed E-state index contributed by atoms with van der Waals surface area (Å²) >= 11 is 0. The van der Waals surface area contributed by atoms with E-state index in [9.17, 15) is 4.79 Å². The van der Waals surface area contributed by atoms with E-state index in [0.717, 1.165) is 10.9 Å². The fraction of sp³-hybridized carbons (Fsp3) is 0. The smallest absolute Gasteiger partial charge is 0.193 e. The number of hydrogen-bond donors (Lipinski definition) is 0. The minimum atomic E-state index is -0.0740. The third kappa shape index (κ3) is 1.74. The molecule has 1 atom stereocenters. The van der Waals surface area contributed by atoms with Crippen LogP contribution < -0.4 is 5.43 Å². The van der Waals surface area contributed by atoms with Gasteiger partial charge >= 0.3 is 0 Å². The summed E-state index contributed by atoms with van der Waals surface area (Å²) in [6.07, 6.45) is 2.90. The summed E-state index contributed by atoms with van der Waals surface area (Å²) in [6, 6.07) is 6.84. The fourth-order valence-electron chi connectivity index (χ4n) is 1.68. The van der Waals surface area contributed by atoms with Crippen molar-refractivity contribution in [2.75, 3.05) is 0 Å². The van der Waals surface area contributed by atoms with Gasteiger partial charge in [-0.3, -0.25) is 4.79 Å². The molecule has 0 saturated heterocycles. The van der Waals surface area contributed by atoms with E-state index >= 15 is 0 Å². The van der Waals surface area contributed by atoms with E-state index in [4.69, 9.17) is 9.25 Å². The van der Waals surface area contributed by atoms with Crippen molar-refractivity contribution in [2.24, 2.45) is 10.2 Å². The van der Waals surface area contributed by atoms with Crippen molar-refractivity contribution >= 4 is 25.0 Å². The summed E-state index contributed by atoms with van der Waals surface area (Å²) in [5, 5.41) is 4.80. The van der Waals surface area contributed by atoms with E-state index in [1.165, 1.54) is 18.6 Å². The van der Waals surface area contributed by atoms with Crippen LogP contribution in [0.15, 0.2) is 56.2 Å². The summed E-state index contributed by atoms with van der Waals surface area (Å²) in [4.78, 5) is 20.5. The first kappa shape index (κ1) is 10.2. The normalized spacial score (nSPS) is 15.9. The second-order valence-corrected chi connectivity index (χ2v) is 4.36. The Kier molecular flexibility index (Phi) is 2.46. The second-order valence-electron chi connectivity index (χ2n) is 3.39. The fourth-order valence-corrected chi connectivity index (χ4v) is 2.31. The van der Waals surface area contributed by atoms with E-state index in [1.807, 2.05) is 12.1 Å². The second kappa shape index (κ2) is 4.11. The lowest BCUT2D eigenvalue weighted by atomic mass is 10.1. The van der Waals surface area contributed by atoms with Crippen molar-refractivity contribution in [3.8, 4) is 0 Å². The minimum absolute atomic E-state index is 0.0740. The third-order valence-corrected chi connectivity index (χ3v) is 3.22. The first-order valence-electron chi connectivity index (χ1n) is 4.89. The van der Waals surface area contributed by atoms with Gasteiger partial charge in [-0.05, 0) is 6.07 Å². The monoisotopic (exact) mass is 246 g/mol. The van der Waals surface area contributed by atoms with Gasteiger partial charge in [-0.25, -0.2) is 0 Å². The molecule has 17 heavy (non-hydrogen) atoms. The molecule has 0 bridgehead atoms. The maximum absolute atomic E-state index is 11.9. The molecule has 0 radical (unpaired) electrons. The lowest BCUT2D eigenvalue weighted by Crippen LogP contribution is -2.01. The Bertz CT molecular complexity index is 685. The first-order valence-corrected chi connectivity index (χ1v) is 5.84. The van der Waals surface area contributed by atoms with E-state index in [2.05, 4.69) is 10.2 Å². The zero-order valence-corrected chi connectivity index (χ0v) is 9.58. The Morgan fingerprint density at radius 1 is 1.24 bits per heavy atom. The molecule has 0 aliphatic carbocycles. The van der Waals surface area contributed by atoms with Crippen LogP contribution in [0.4, 0.5) is 0 Å². The van der Waals surface area contributed by atoms with Crippen LogP contribution in [0.1, 0.15) is 5.56 Å². The SMILES string of the molecule is O=c1ccoc2cccc(C3=CON=NP3)c12. The van der Waals surface area contributed by atoms with Gasteiger partial charge in [0.15, 0.2) is 5.43 Å². The molecule has 0 spiro atoms. The van der Waals surface area contributed by atoms with E-state index in [-0.39, 0.29) is 14.2 Å². The molecule has 0 amide bonds. The van der Waals surface area contributed by atoms with Crippen LogP contribution in [0.25, 0.3) is 16.3 Å². The van der Waals surface area contributed by atoms with Crippen LogP contribution >= 0.6 is 8.73 Å². The zero-order valence-electron chi connectivity index (χ0n) is 8.58. The Labute approximate surface area is 97.6 Å². The van der Waals surface area contributed by atoms with Crippen LogP contribution in [0.2, 0.25) is 0 Å². The lowest BCUT2D eigenvalue weighted by molar-refractivity contribution is 0.246. The molecule has 2 aromatic rings. The van der Waals surface area contributed by atoms with E-state index in [1.54, 1.807) is 6.07 Å². The molecule has 84 valence electrons. The van der Waals surface area contributed by atoms with Crippen molar-refractivity contribution in [1.82, 2.24) is 0 Å². The van der Waals surface area contributed by atoms with Crippen LogP contribution in [0.5, 0.6) is 0 Å². The standard InChI is InChI=1S/C11H7N2O3P/c14-8-4-5-15-9-3-1-2-7(11(8)9)10-6-16-12-13-17-10/h1-6,17H. The highest BCUT2D eigenvalue weighted by Gasteiger charge is 2.12. The van der Waals surface area contributed by atoms with Gasteiger partial charge in [-0.1, -0.05) is 12.1 Å². The van der Waals surface area contributed by atoms with Crippen LogP contribution in [0.3, 0.4) is 0 Å². The van der Waals surface area contributed by atoms with Gasteiger partial charge in [0.05, 0.1) is 20.4 Å². The number of nitrogens with zero attached hydrogens (tertiary/aromatic N) is 2. The molecule has 3 rings (SSSR count). The summed E-state index contributed by atoms with van der Waals surface area (Å²) < 4.78 is 5.30. The first-order chi connectivity index (χ1) is 8.36. The summed E-state index contributed by atoms with van der Waals surface area (Å²) in [6.45, 7) is 0. The van der Waals surface area contributed by atoms with Gasteiger partial charge < -0.3 is 9.25 Å². The summed E-state index contributed by atoms with van der Waals surface area (Å²) in [7, 11) is 0.144. The predicted octanol–water partition coefficient (Wildman–Crippen LogP) is 3.08. The molecule has 1 unspecified atom stereocenters. The van der Waals surface area contributed by atoms with E-state index < -0.39 is 0 Å². The molecule has 0 fully saturated rings. The van der Waals surface area contributed by atoms with Crippen LogP contribution in [0, 0.1) is 0 Å². The molecule has 1 aromatic heterocycles. The highest BCUT2D eigenvalue weighted by Crippen LogP contribution is 2.39. The van der Waals surface area contributed by atoms with Gasteiger partial charge in [-0.15, -0.1) is 4.88 Å². The molecule has 5 nitrogen and oxygen atoms in total. The van der Waals surface area contributed by atoms with Gasteiger partial charge in [-0.2, -0.15) is 0 Å². The number of hydrogen-bond acceptors (Lipinski definition) is 5. The molecule has 1 aromatic carbocycles. The average molecular weight is 246 g/mol. The molecular weight excluding hydrogens is 239 g/mol. The van der Waals surface area contributed by atoms with E-state index in [0.29, 0.717) is 11.0 Å². The number of fused-ring (bicyclic) bond motifs is 1. The maximum Gasteiger partial charge on any atom is 0.193 e. The molecule has 2 heterocycles. The third-order valence-electron chi connectivity index (χ3n) is 2.41. The Morgan fingerprint density at radius 3 is 3.00 bits per heavy atom. The van der Waals surface area contributed by atoms with Crippen LogP contribution in [-0.2, 0) is 4.84 Å². The van der Waals surface area contributed by atoms with Gasteiger partial charge in [0, 0.05) is 22.2 Å². The maximum atomic E-state index is 11.9. The molecular formula is C11H7N2O3P. The molecule has 0 N–H and O–H groups in total. The lowest BCUT2D eigenvalue weighted by Gasteiger charge is -2.08. The molecule has 0 saturated carbocycles. The average Bonchev–Trinajstić information content (AvgIpc) is 2.39. The topological polar surface area (TPSA) is 64.2 Å². The molecule has 1 aliphatic rings. The summed E-state index contributed by atoms with van der Waals surface area (Å²) in [5.74, 6) is 0. The minimum Gasteiger partial charge on any atom is -0.464 e. The quantitative estimate of drug-likeness (QED) is 0.726. The van der Waals surface area contributed by atoms with Crippen LogP contribution in [-0.4, -0.2) is 0 Å². The van der Waals surface area contributed by atoms with Gasteiger partial charge in [0.25, 0.3) is 0 Å². The highest BCUT2D eigenvalue weighted by atomic mass is 31.1. The zero-order chi connectivity index (χ0) is 11.7. The highest BCUT2D eigenvalue weighted by molar-refractivity contribution is 7.48. The van der Waals surface area contributed by atoms with Crippen molar-refractivity contribution in [2.45, 2.75) is 0 Å². The van der Waals surface area contributed by atoms with Crippen molar-refractivity contribution in [3.05, 3.63) is 52.6 Å². The number of benzene rings is 1. The summed E-state index contributed by atoms with van der Waals surface area (Å²) in [5.41, 5.74) is 1.27. The van der Waals surface area contributed by atoms with Crippen molar-refractivity contribution in [1.29, 1.82) is 0 Å². The molecule has 1 aliphatic heterocycles. The number of rotatable bonds is 1.